The second-order valence-corrected chi connectivity index (χ2v) is 7.75. The Hall–Kier alpha value is -3.73. The summed E-state index contributed by atoms with van der Waals surface area (Å²) < 4.78 is 5.14. The molecule has 0 saturated carbocycles. The number of ether oxygens (including phenoxy) is 1. The van der Waals surface area contributed by atoms with Gasteiger partial charge in [0.1, 0.15) is 12.1 Å². The summed E-state index contributed by atoms with van der Waals surface area (Å²) in [5.74, 6) is -4.20. The summed E-state index contributed by atoms with van der Waals surface area (Å²) in [5.41, 5.74) is 1.10. The van der Waals surface area contributed by atoms with E-state index in [4.69, 9.17) is 14.9 Å². The molecule has 4 N–H and O–H groups in total. The van der Waals surface area contributed by atoms with E-state index < -0.39 is 42.0 Å². The van der Waals surface area contributed by atoms with Crippen LogP contribution in [0, 0.1) is 0 Å². The molecule has 192 valence electrons. The summed E-state index contributed by atoms with van der Waals surface area (Å²) in [6.07, 6.45) is 3.40. The topological polar surface area (TPSA) is 171 Å². The van der Waals surface area contributed by atoms with Gasteiger partial charge in [-0.15, -0.1) is 0 Å². The highest BCUT2D eigenvalue weighted by Crippen LogP contribution is 2.19. The Labute approximate surface area is 203 Å². The highest BCUT2D eigenvalue weighted by molar-refractivity contribution is 5.89. The molecular weight excluding hydrogens is 460 g/mol. The first-order valence-electron chi connectivity index (χ1n) is 11.2. The van der Waals surface area contributed by atoms with Crippen molar-refractivity contribution in [3.63, 3.8) is 0 Å². The quantitative estimate of drug-likeness (QED) is 0.261. The number of aliphatic carboxylic acids is 3. The van der Waals surface area contributed by atoms with Gasteiger partial charge in [-0.3, -0.25) is 14.9 Å². The van der Waals surface area contributed by atoms with Crippen LogP contribution in [0.2, 0.25) is 0 Å². The summed E-state index contributed by atoms with van der Waals surface area (Å²) >= 11 is 0. The first-order valence-corrected chi connectivity index (χ1v) is 11.2. The molecule has 3 atom stereocenters. The molecule has 1 aromatic rings. The Kier molecular flexibility index (Phi) is 12.7. The molecule has 0 aromatic heterocycles. The summed E-state index contributed by atoms with van der Waals surface area (Å²) in [7, 11) is 0. The van der Waals surface area contributed by atoms with E-state index in [-0.39, 0.29) is 12.5 Å². The van der Waals surface area contributed by atoms with Crippen LogP contribution < -0.4 is 5.32 Å². The zero-order chi connectivity index (χ0) is 26.4. The molecule has 0 bridgehead atoms. The van der Waals surface area contributed by atoms with E-state index in [2.05, 4.69) is 5.32 Å². The van der Waals surface area contributed by atoms with Crippen molar-refractivity contribution in [3.8, 4) is 0 Å². The Balaban J connectivity index is 0.000000658. The molecule has 11 heteroatoms. The van der Waals surface area contributed by atoms with Crippen LogP contribution in [0.3, 0.4) is 0 Å². The Morgan fingerprint density at radius 1 is 1.09 bits per heavy atom. The highest BCUT2D eigenvalue weighted by atomic mass is 16.5. The van der Waals surface area contributed by atoms with Crippen molar-refractivity contribution in [1.82, 2.24) is 10.2 Å². The smallest absolute Gasteiger partial charge is 0.328 e. The lowest BCUT2D eigenvalue weighted by atomic mass is 10.0. The van der Waals surface area contributed by atoms with Gasteiger partial charge in [0.2, 0.25) is 5.91 Å². The normalized spacial score (nSPS) is 16.6. The molecule has 1 aromatic carbocycles. The Morgan fingerprint density at radius 2 is 1.69 bits per heavy atom. The van der Waals surface area contributed by atoms with Crippen molar-refractivity contribution < 1.29 is 44.0 Å². The fraction of sp³-hybridized carbons (Fsp3) is 0.458. The van der Waals surface area contributed by atoms with Gasteiger partial charge in [0.05, 0.1) is 12.6 Å². The van der Waals surface area contributed by atoms with E-state index in [1.807, 2.05) is 30.3 Å². The lowest BCUT2D eigenvalue weighted by Crippen LogP contribution is -2.53. The van der Waals surface area contributed by atoms with E-state index in [0.29, 0.717) is 44.4 Å². The first kappa shape index (κ1) is 29.3. The molecule has 1 saturated heterocycles. The van der Waals surface area contributed by atoms with Gasteiger partial charge in [-0.2, -0.15) is 0 Å². The molecule has 1 heterocycles. The number of carbonyl (C=O) groups excluding carboxylic acids is 2. The van der Waals surface area contributed by atoms with Crippen LogP contribution in [0.5, 0.6) is 0 Å². The number of hydrogen-bond donors (Lipinski definition) is 4. The SMILES string of the molecule is CCOC(=O)[C@@H](CCc1ccccc1)N[C@@H](C)C(=O)N1CCC[C@H]1C(=O)O.O=C(O)/C=C\C(=O)O. The van der Waals surface area contributed by atoms with Crippen LogP contribution in [-0.2, 0) is 35.1 Å². The van der Waals surface area contributed by atoms with Gasteiger partial charge in [-0.05, 0) is 45.1 Å². The maximum Gasteiger partial charge on any atom is 0.328 e. The predicted molar refractivity (Wildman–Crippen MR) is 125 cm³/mol. The summed E-state index contributed by atoms with van der Waals surface area (Å²) in [4.78, 5) is 56.8. The average molecular weight is 493 g/mol. The van der Waals surface area contributed by atoms with Crippen LogP contribution in [0.25, 0.3) is 0 Å². The van der Waals surface area contributed by atoms with Crippen molar-refractivity contribution in [1.29, 1.82) is 0 Å². The molecule has 1 fully saturated rings. The number of benzene rings is 1. The van der Waals surface area contributed by atoms with Crippen molar-refractivity contribution in [3.05, 3.63) is 48.0 Å². The largest absolute Gasteiger partial charge is 0.480 e. The minimum absolute atomic E-state index is 0.262. The molecule has 1 aliphatic rings. The molecule has 11 nitrogen and oxygen atoms in total. The molecule has 0 unspecified atom stereocenters. The van der Waals surface area contributed by atoms with Gasteiger partial charge >= 0.3 is 23.9 Å². The van der Waals surface area contributed by atoms with Gasteiger partial charge < -0.3 is 25.0 Å². The third kappa shape index (κ3) is 10.8. The highest BCUT2D eigenvalue weighted by Gasteiger charge is 2.36. The lowest BCUT2D eigenvalue weighted by molar-refractivity contribution is -0.150. The monoisotopic (exact) mass is 492 g/mol. The van der Waals surface area contributed by atoms with Gasteiger partial charge in [-0.1, -0.05) is 30.3 Å². The number of nitrogens with zero attached hydrogens (tertiary/aromatic N) is 1. The molecule has 0 spiro atoms. The third-order valence-corrected chi connectivity index (χ3v) is 5.15. The standard InChI is InChI=1S/C20H28N2O5.C4H4O4/c1-3-27-20(26)16(12-11-15-8-5-4-6-9-15)21-14(2)18(23)22-13-7-10-17(22)19(24)25;5-3(6)1-2-4(7)8/h4-6,8-9,14,16-17,21H,3,7,10-13H2,1-2H3,(H,24,25);1-2H,(H,5,6)(H,7,8)/b;2-1-/t14-,16+,17-;/m0./s1. The first-order chi connectivity index (χ1) is 16.6. The van der Waals surface area contributed by atoms with Crippen LogP contribution >= 0.6 is 0 Å². The fourth-order valence-corrected chi connectivity index (χ4v) is 3.52. The number of amides is 1. The second-order valence-electron chi connectivity index (χ2n) is 7.75. The Bertz CT molecular complexity index is 886. The third-order valence-electron chi connectivity index (χ3n) is 5.15. The van der Waals surface area contributed by atoms with E-state index in [9.17, 15) is 29.1 Å². The second kappa shape index (κ2) is 15.2. The van der Waals surface area contributed by atoms with Crippen molar-refractivity contribution in [2.45, 2.75) is 57.7 Å². The molecular formula is C24H32N2O9. The molecule has 2 rings (SSSR count). The van der Waals surface area contributed by atoms with E-state index in [1.54, 1.807) is 13.8 Å². The van der Waals surface area contributed by atoms with E-state index in [1.165, 1.54) is 4.90 Å². The number of carboxylic acid groups (broad SMARTS) is 3. The molecule has 1 aliphatic heterocycles. The van der Waals surface area contributed by atoms with Crippen molar-refractivity contribution in [2.75, 3.05) is 13.2 Å². The number of likely N-dealkylation sites (tertiary alicyclic amines) is 1. The van der Waals surface area contributed by atoms with Crippen LogP contribution in [0.1, 0.15) is 38.7 Å². The van der Waals surface area contributed by atoms with Crippen molar-refractivity contribution in [2.24, 2.45) is 0 Å². The van der Waals surface area contributed by atoms with Crippen molar-refractivity contribution >= 4 is 29.8 Å². The van der Waals surface area contributed by atoms with Gasteiger partial charge in [0, 0.05) is 18.7 Å². The van der Waals surface area contributed by atoms with Crippen LogP contribution in [-0.4, -0.2) is 81.3 Å². The van der Waals surface area contributed by atoms with E-state index in [0.717, 1.165) is 5.56 Å². The van der Waals surface area contributed by atoms with E-state index >= 15 is 0 Å². The zero-order valence-electron chi connectivity index (χ0n) is 19.8. The Morgan fingerprint density at radius 3 is 2.20 bits per heavy atom. The zero-order valence-corrected chi connectivity index (χ0v) is 19.8. The van der Waals surface area contributed by atoms with Crippen LogP contribution in [0.4, 0.5) is 0 Å². The summed E-state index contributed by atoms with van der Waals surface area (Å²) in [5, 5.41) is 27.9. The minimum atomic E-state index is -1.26. The molecule has 1 amide bonds. The number of nitrogens with one attached hydrogen (secondary N) is 1. The summed E-state index contributed by atoms with van der Waals surface area (Å²) in [6.45, 7) is 4.09. The number of rotatable bonds is 11. The number of carboxylic acids is 3. The predicted octanol–water partition coefficient (Wildman–Crippen LogP) is 1.32. The maximum absolute atomic E-state index is 12.7. The fourth-order valence-electron chi connectivity index (χ4n) is 3.52. The molecule has 35 heavy (non-hydrogen) atoms. The number of hydrogen-bond acceptors (Lipinski definition) is 7. The van der Waals surface area contributed by atoms with Gasteiger partial charge in [0.15, 0.2) is 0 Å². The maximum atomic E-state index is 12.7. The number of aryl methyl sites for hydroxylation is 1. The molecule has 0 radical (unpaired) electrons. The van der Waals surface area contributed by atoms with Gasteiger partial charge in [0.25, 0.3) is 0 Å². The average Bonchev–Trinajstić information content (AvgIpc) is 3.31. The molecule has 0 aliphatic carbocycles. The number of carbonyl (C=O) groups is 5. The lowest BCUT2D eigenvalue weighted by Gasteiger charge is -2.27. The number of esters is 1. The minimum Gasteiger partial charge on any atom is -0.480 e. The van der Waals surface area contributed by atoms with Crippen LogP contribution in [0.15, 0.2) is 42.5 Å². The van der Waals surface area contributed by atoms with Gasteiger partial charge in [-0.25, -0.2) is 14.4 Å². The summed E-state index contributed by atoms with van der Waals surface area (Å²) in [6, 6.07) is 7.69.